The van der Waals surface area contributed by atoms with Gasteiger partial charge in [-0.3, -0.25) is 18.6 Å². The number of hydrogen-bond donors (Lipinski definition) is 4. The zero-order valence-corrected chi connectivity index (χ0v) is 36.3. The fraction of sp³-hybridized carbons (Fsp3) is 0.489. The third-order valence-corrected chi connectivity index (χ3v) is 8.70. The van der Waals surface area contributed by atoms with Gasteiger partial charge in [0.15, 0.2) is 6.10 Å². The molecule has 0 aromatic rings. The maximum Gasteiger partial charge on any atom is 0.472 e. The molecule has 0 aliphatic rings. The Morgan fingerprint density at radius 3 is 1.61 bits per heavy atom. The van der Waals surface area contributed by atoms with Gasteiger partial charge in [-0.15, -0.1) is 0 Å². The van der Waals surface area contributed by atoms with Crippen molar-refractivity contribution in [3.8, 4) is 0 Å². The number of carbonyl (C=O) groups excluding carboxylic acids is 2. The SMILES string of the molecule is CC/C=C\C/C=C\C/C=C\C/C=C\C/C=C\CCCC(=O)OC[C@H](COP(=O)(O)OCCN)OC(=O)CC/C=C\C/C=C\C[C@@H](O)/C=C/C=C\C=C\[C@@H](O)C/C=C\CC. The highest BCUT2D eigenvalue weighted by molar-refractivity contribution is 7.47. The first-order valence-electron chi connectivity index (χ1n) is 20.9. The summed E-state index contributed by atoms with van der Waals surface area (Å²) in [4.78, 5) is 34.8. The summed E-state index contributed by atoms with van der Waals surface area (Å²) in [5.41, 5.74) is 5.33. The van der Waals surface area contributed by atoms with Crippen molar-refractivity contribution in [3.63, 3.8) is 0 Å². The summed E-state index contributed by atoms with van der Waals surface area (Å²) >= 11 is 0. The zero-order chi connectivity index (χ0) is 43.5. The molecule has 0 aromatic carbocycles. The second-order valence-corrected chi connectivity index (χ2v) is 14.6. The quantitative estimate of drug-likeness (QED) is 0.0155. The molecule has 0 aliphatic heterocycles. The van der Waals surface area contributed by atoms with E-state index in [1.165, 1.54) is 0 Å². The first-order chi connectivity index (χ1) is 28.6. The van der Waals surface area contributed by atoms with Gasteiger partial charge < -0.3 is 30.3 Å². The van der Waals surface area contributed by atoms with E-state index >= 15 is 0 Å². The molecule has 0 saturated carbocycles. The van der Waals surface area contributed by atoms with Gasteiger partial charge in [-0.25, -0.2) is 4.57 Å². The molecule has 0 bridgehead atoms. The Morgan fingerprint density at radius 1 is 0.593 bits per heavy atom. The smallest absolute Gasteiger partial charge is 0.462 e. The number of phosphoric ester groups is 1. The third-order valence-electron chi connectivity index (χ3n) is 7.71. The Hall–Kier alpha value is -3.93. The minimum absolute atomic E-state index is 0.00776. The first kappa shape index (κ1) is 55.1. The minimum Gasteiger partial charge on any atom is -0.462 e. The number of rotatable bonds is 36. The van der Waals surface area contributed by atoms with E-state index < -0.39 is 44.7 Å². The van der Waals surface area contributed by atoms with E-state index in [1.54, 1.807) is 36.5 Å². The Balaban J connectivity index is 4.55. The Morgan fingerprint density at radius 2 is 1.07 bits per heavy atom. The molecule has 1 unspecified atom stereocenters. The van der Waals surface area contributed by atoms with Gasteiger partial charge in [-0.2, -0.15) is 0 Å². The monoisotopic (exact) mass is 841 g/mol. The van der Waals surface area contributed by atoms with Crippen LogP contribution in [0.3, 0.4) is 0 Å². The summed E-state index contributed by atoms with van der Waals surface area (Å²) in [6.45, 7) is 3.11. The largest absolute Gasteiger partial charge is 0.472 e. The number of hydrogen-bond acceptors (Lipinski definition) is 10. The highest BCUT2D eigenvalue weighted by Crippen LogP contribution is 2.43. The number of phosphoric acid groups is 1. The van der Waals surface area contributed by atoms with Crippen molar-refractivity contribution < 1.29 is 47.8 Å². The fourth-order valence-electron chi connectivity index (χ4n) is 4.63. The van der Waals surface area contributed by atoms with Crippen LogP contribution in [0.1, 0.15) is 104 Å². The van der Waals surface area contributed by atoms with Crippen LogP contribution in [0, 0.1) is 0 Å². The standard InChI is InChI=1S/C47H72NO10P/c1-3-5-7-8-9-10-11-12-13-14-15-16-17-18-19-23-31-37-46(51)55-41-45(42-57-59(53,54)56-40-39-48)58-47(52)38-32-24-21-20-22-28-34-44(50)36-30-26-25-29-35-43(49)33-27-6-4-2/h5-7,9-10,12-13,15-16,18-19,21-22,24-30,35-36,43-45,49-50H,3-4,8,11,14,17,20,23,31-34,37-42,48H2,1-2H3,(H,53,54)/b7-5-,10-9-,13-12-,16-15-,19-18-,24-21-,26-25-,27-6-,28-22-,35-29+,36-30+/t43-,44+,45+/m0/s1. The van der Waals surface area contributed by atoms with Crippen LogP contribution in [0.5, 0.6) is 0 Å². The van der Waals surface area contributed by atoms with Gasteiger partial charge in [0.25, 0.3) is 0 Å². The van der Waals surface area contributed by atoms with Gasteiger partial charge in [0.2, 0.25) is 0 Å². The van der Waals surface area contributed by atoms with E-state index in [-0.39, 0.29) is 32.6 Å². The van der Waals surface area contributed by atoms with Crippen LogP contribution in [-0.4, -0.2) is 71.7 Å². The molecule has 0 rings (SSSR count). The summed E-state index contributed by atoms with van der Waals surface area (Å²) < 4.78 is 32.5. The molecule has 59 heavy (non-hydrogen) atoms. The molecule has 0 saturated heterocycles. The molecule has 0 amide bonds. The lowest BCUT2D eigenvalue weighted by atomic mass is 10.2. The highest BCUT2D eigenvalue weighted by Gasteiger charge is 2.25. The topological polar surface area (TPSA) is 175 Å². The molecule has 330 valence electrons. The van der Waals surface area contributed by atoms with Gasteiger partial charge in [-0.1, -0.05) is 148 Å². The molecule has 0 heterocycles. The van der Waals surface area contributed by atoms with Crippen LogP contribution in [0.25, 0.3) is 0 Å². The Bertz CT molecular complexity index is 1450. The lowest BCUT2D eigenvalue weighted by molar-refractivity contribution is -0.161. The van der Waals surface area contributed by atoms with Gasteiger partial charge in [0, 0.05) is 19.4 Å². The van der Waals surface area contributed by atoms with Crippen molar-refractivity contribution in [2.24, 2.45) is 5.73 Å². The number of esters is 2. The number of carbonyl (C=O) groups is 2. The molecule has 0 aliphatic carbocycles. The number of allylic oxidation sites excluding steroid dienone is 18. The van der Waals surface area contributed by atoms with E-state index in [9.17, 15) is 29.3 Å². The number of ether oxygens (including phenoxy) is 2. The van der Waals surface area contributed by atoms with Crippen molar-refractivity contribution in [2.45, 2.75) is 122 Å². The zero-order valence-electron chi connectivity index (χ0n) is 35.4. The molecule has 0 aromatic heterocycles. The molecule has 11 nitrogen and oxygen atoms in total. The highest BCUT2D eigenvalue weighted by atomic mass is 31.2. The van der Waals surface area contributed by atoms with Crippen molar-refractivity contribution in [3.05, 3.63) is 134 Å². The average molecular weight is 842 g/mol. The normalized spacial score (nSPS) is 15.7. The van der Waals surface area contributed by atoms with E-state index in [0.717, 1.165) is 38.5 Å². The van der Waals surface area contributed by atoms with E-state index in [0.29, 0.717) is 38.5 Å². The Labute approximate surface area is 354 Å². The van der Waals surface area contributed by atoms with Crippen LogP contribution in [0.2, 0.25) is 0 Å². The van der Waals surface area contributed by atoms with Crippen molar-refractivity contribution in [2.75, 3.05) is 26.4 Å². The fourth-order valence-corrected chi connectivity index (χ4v) is 5.40. The van der Waals surface area contributed by atoms with Crippen LogP contribution in [0.4, 0.5) is 0 Å². The van der Waals surface area contributed by atoms with Crippen LogP contribution in [-0.2, 0) is 32.7 Å². The molecule has 12 heteroatoms. The summed E-state index contributed by atoms with van der Waals surface area (Å²) in [5.74, 6) is -1.08. The summed E-state index contributed by atoms with van der Waals surface area (Å²) in [6.07, 6.45) is 50.0. The maximum absolute atomic E-state index is 12.6. The number of nitrogens with two attached hydrogens (primary N) is 1. The van der Waals surface area contributed by atoms with Gasteiger partial charge in [0.1, 0.15) is 6.61 Å². The molecule has 4 atom stereocenters. The lowest BCUT2D eigenvalue weighted by Crippen LogP contribution is -2.29. The predicted molar refractivity (Wildman–Crippen MR) is 240 cm³/mol. The predicted octanol–water partition coefficient (Wildman–Crippen LogP) is 9.87. The second kappa shape index (κ2) is 40.8. The van der Waals surface area contributed by atoms with Crippen molar-refractivity contribution in [1.82, 2.24) is 0 Å². The average Bonchev–Trinajstić information content (AvgIpc) is 3.21. The first-order valence-corrected chi connectivity index (χ1v) is 22.4. The van der Waals surface area contributed by atoms with E-state index in [4.69, 9.17) is 24.3 Å². The second-order valence-electron chi connectivity index (χ2n) is 13.1. The number of aliphatic hydroxyl groups excluding tert-OH is 2. The van der Waals surface area contributed by atoms with Gasteiger partial charge in [-0.05, 0) is 77.0 Å². The Kier molecular flexibility index (Phi) is 38.1. The van der Waals surface area contributed by atoms with Gasteiger partial charge in [0.05, 0.1) is 25.4 Å². The molecule has 0 spiro atoms. The molecule has 0 radical (unpaired) electrons. The minimum atomic E-state index is -4.45. The summed E-state index contributed by atoms with van der Waals surface area (Å²) in [7, 11) is -4.45. The lowest BCUT2D eigenvalue weighted by Gasteiger charge is -2.19. The molecule has 5 N–H and O–H groups in total. The van der Waals surface area contributed by atoms with Crippen LogP contribution >= 0.6 is 7.82 Å². The number of aliphatic hydroxyl groups is 2. The van der Waals surface area contributed by atoms with E-state index in [2.05, 4.69) is 55.5 Å². The number of unbranched alkanes of at least 4 members (excludes halogenated alkanes) is 1. The van der Waals surface area contributed by atoms with Crippen molar-refractivity contribution >= 4 is 19.8 Å². The summed E-state index contributed by atoms with van der Waals surface area (Å²) in [5, 5.41) is 19.9. The third kappa shape index (κ3) is 40.6. The van der Waals surface area contributed by atoms with Crippen molar-refractivity contribution in [1.29, 1.82) is 0 Å². The van der Waals surface area contributed by atoms with Crippen LogP contribution < -0.4 is 5.73 Å². The maximum atomic E-state index is 12.6. The molecular weight excluding hydrogens is 769 g/mol. The molecular formula is C47H72NO10P. The summed E-state index contributed by atoms with van der Waals surface area (Å²) in [6, 6.07) is 0. The van der Waals surface area contributed by atoms with E-state index in [1.807, 2.05) is 55.5 Å². The van der Waals surface area contributed by atoms with Gasteiger partial charge >= 0.3 is 19.8 Å². The molecule has 0 fully saturated rings. The van der Waals surface area contributed by atoms with Crippen LogP contribution in [0.15, 0.2) is 134 Å².